The number of carbonyl (C=O) groups excluding carboxylic acids is 1. The molecule has 0 saturated heterocycles. The van der Waals surface area contributed by atoms with E-state index in [-0.39, 0.29) is 17.8 Å². The Morgan fingerprint density at radius 2 is 1.71 bits per heavy atom. The molecule has 3 rings (SSSR count). The van der Waals surface area contributed by atoms with Crippen molar-refractivity contribution in [3.05, 3.63) is 70.5 Å². The van der Waals surface area contributed by atoms with Crippen molar-refractivity contribution in [1.82, 2.24) is 5.32 Å². The first kappa shape index (κ1) is 14.1. The molecular weight excluding hydrogens is 289 g/mol. The quantitative estimate of drug-likeness (QED) is 0.893. The van der Waals surface area contributed by atoms with Gasteiger partial charge in [-0.25, -0.2) is 4.39 Å². The van der Waals surface area contributed by atoms with Crippen molar-refractivity contribution < 1.29 is 9.18 Å². The zero-order valence-electron chi connectivity index (χ0n) is 11.4. The van der Waals surface area contributed by atoms with Crippen LogP contribution in [0.15, 0.2) is 48.5 Å². The fourth-order valence-electron chi connectivity index (χ4n) is 2.40. The van der Waals surface area contributed by atoms with E-state index >= 15 is 0 Å². The van der Waals surface area contributed by atoms with Gasteiger partial charge in [0, 0.05) is 10.6 Å². The molecule has 1 fully saturated rings. The van der Waals surface area contributed by atoms with E-state index < -0.39 is 0 Å². The smallest absolute Gasteiger partial charge is 0.251 e. The van der Waals surface area contributed by atoms with Crippen molar-refractivity contribution in [2.75, 3.05) is 0 Å². The summed E-state index contributed by atoms with van der Waals surface area (Å²) in [6.07, 6.45) is 2.22. The first-order valence-electron chi connectivity index (χ1n) is 6.95. The summed E-state index contributed by atoms with van der Waals surface area (Å²) >= 11 is 5.91. The molecule has 4 heteroatoms. The summed E-state index contributed by atoms with van der Waals surface area (Å²) in [7, 11) is 0. The monoisotopic (exact) mass is 303 g/mol. The highest BCUT2D eigenvalue weighted by Gasteiger charge is 2.33. The number of hydrogen-bond acceptors (Lipinski definition) is 1. The van der Waals surface area contributed by atoms with Crippen LogP contribution in [0.3, 0.4) is 0 Å². The van der Waals surface area contributed by atoms with Crippen LogP contribution in [0, 0.1) is 11.7 Å². The maximum absolute atomic E-state index is 12.9. The third kappa shape index (κ3) is 3.42. The van der Waals surface area contributed by atoms with Crippen molar-refractivity contribution in [3.63, 3.8) is 0 Å². The largest absolute Gasteiger partial charge is 0.345 e. The molecule has 1 atom stereocenters. The molecule has 2 aromatic carbocycles. The van der Waals surface area contributed by atoms with E-state index in [0.29, 0.717) is 16.5 Å². The molecule has 1 aliphatic rings. The van der Waals surface area contributed by atoms with Gasteiger partial charge in [0.15, 0.2) is 0 Å². The van der Waals surface area contributed by atoms with E-state index in [4.69, 9.17) is 11.6 Å². The van der Waals surface area contributed by atoms with Crippen LogP contribution in [0.1, 0.15) is 34.8 Å². The van der Waals surface area contributed by atoms with Crippen LogP contribution in [0.2, 0.25) is 5.02 Å². The summed E-state index contributed by atoms with van der Waals surface area (Å²) in [5, 5.41) is 3.72. The zero-order chi connectivity index (χ0) is 14.8. The van der Waals surface area contributed by atoms with Crippen LogP contribution >= 0.6 is 11.6 Å². The minimum Gasteiger partial charge on any atom is -0.345 e. The van der Waals surface area contributed by atoms with E-state index in [2.05, 4.69) is 5.32 Å². The molecule has 1 saturated carbocycles. The number of hydrogen-bond donors (Lipinski definition) is 1. The number of halogens is 2. The highest BCUT2D eigenvalue weighted by atomic mass is 35.5. The van der Waals surface area contributed by atoms with Gasteiger partial charge in [-0.15, -0.1) is 0 Å². The van der Waals surface area contributed by atoms with Gasteiger partial charge in [0.1, 0.15) is 5.82 Å². The molecule has 0 aromatic heterocycles. The minimum absolute atomic E-state index is 0.0141. The fraction of sp³-hybridized carbons (Fsp3) is 0.235. The lowest BCUT2D eigenvalue weighted by Crippen LogP contribution is -2.29. The Bertz CT molecular complexity index is 635. The van der Waals surface area contributed by atoms with E-state index in [1.807, 2.05) is 24.3 Å². The molecular formula is C17H15ClFNO. The lowest BCUT2D eigenvalue weighted by atomic mass is 10.0. The third-order valence-electron chi connectivity index (χ3n) is 3.72. The Balaban J connectivity index is 1.77. The summed E-state index contributed by atoms with van der Waals surface area (Å²) in [6, 6.07) is 13.1. The summed E-state index contributed by atoms with van der Waals surface area (Å²) in [5.74, 6) is -0.0552. The molecule has 108 valence electrons. The topological polar surface area (TPSA) is 29.1 Å². The molecule has 0 aliphatic heterocycles. The molecule has 1 N–H and O–H groups in total. The number of rotatable bonds is 4. The van der Waals surface area contributed by atoms with Crippen molar-refractivity contribution in [2.45, 2.75) is 18.9 Å². The van der Waals surface area contributed by atoms with Crippen molar-refractivity contribution in [2.24, 2.45) is 5.92 Å². The van der Waals surface area contributed by atoms with Gasteiger partial charge in [-0.3, -0.25) is 4.79 Å². The van der Waals surface area contributed by atoms with Crippen LogP contribution in [-0.2, 0) is 0 Å². The lowest BCUT2D eigenvalue weighted by Gasteiger charge is -2.19. The van der Waals surface area contributed by atoms with E-state index in [9.17, 15) is 9.18 Å². The van der Waals surface area contributed by atoms with Crippen LogP contribution in [-0.4, -0.2) is 5.91 Å². The van der Waals surface area contributed by atoms with Crippen LogP contribution < -0.4 is 5.32 Å². The molecule has 0 radical (unpaired) electrons. The Kier molecular flexibility index (Phi) is 3.93. The summed E-state index contributed by atoms with van der Waals surface area (Å²) < 4.78 is 12.9. The highest BCUT2D eigenvalue weighted by molar-refractivity contribution is 6.30. The Morgan fingerprint density at radius 1 is 1.10 bits per heavy atom. The molecule has 0 heterocycles. The maximum Gasteiger partial charge on any atom is 0.251 e. The molecule has 0 spiro atoms. The molecule has 2 aromatic rings. The predicted octanol–water partition coefficient (Wildman–Crippen LogP) is 4.36. The van der Waals surface area contributed by atoms with Crippen molar-refractivity contribution >= 4 is 17.5 Å². The third-order valence-corrected chi connectivity index (χ3v) is 3.97. The van der Waals surface area contributed by atoms with Gasteiger partial charge in [0.2, 0.25) is 0 Å². The standard InChI is InChI=1S/C17H15ClFNO/c18-14-7-3-12(4-8-14)16(11-1-2-11)20-17(21)13-5-9-15(19)10-6-13/h3-11,16H,1-2H2,(H,20,21)/t16-/m1/s1. The molecule has 21 heavy (non-hydrogen) atoms. The predicted molar refractivity (Wildman–Crippen MR) is 80.8 cm³/mol. The second-order valence-electron chi connectivity index (χ2n) is 5.35. The van der Waals surface area contributed by atoms with E-state index in [0.717, 1.165) is 18.4 Å². The van der Waals surface area contributed by atoms with Crippen molar-refractivity contribution in [1.29, 1.82) is 0 Å². The Morgan fingerprint density at radius 3 is 2.29 bits per heavy atom. The first-order valence-corrected chi connectivity index (χ1v) is 7.33. The molecule has 1 amide bonds. The van der Waals surface area contributed by atoms with Crippen molar-refractivity contribution in [3.8, 4) is 0 Å². The Hall–Kier alpha value is -1.87. The average molecular weight is 304 g/mol. The summed E-state index contributed by atoms with van der Waals surface area (Å²) in [5.41, 5.74) is 1.52. The number of benzene rings is 2. The minimum atomic E-state index is -0.344. The molecule has 0 unspecified atom stereocenters. The van der Waals surface area contributed by atoms with Gasteiger partial charge >= 0.3 is 0 Å². The fourth-order valence-corrected chi connectivity index (χ4v) is 2.52. The SMILES string of the molecule is O=C(N[C@@H](c1ccc(Cl)cc1)C1CC1)c1ccc(F)cc1. The molecule has 0 bridgehead atoms. The van der Waals surface area contributed by atoms with Crippen LogP contribution in [0.25, 0.3) is 0 Å². The first-order chi connectivity index (χ1) is 10.1. The number of carbonyl (C=O) groups is 1. The second-order valence-corrected chi connectivity index (χ2v) is 5.78. The summed E-state index contributed by atoms with van der Waals surface area (Å²) in [4.78, 5) is 12.3. The van der Waals surface area contributed by atoms with E-state index in [1.54, 1.807) is 0 Å². The molecule has 1 aliphatic carbocycles. The number of amides is 1. The zero-order valence-corrected chi connectivity index (χ0v) is 12.1. The maximum atomic E-state index is 12.9. The summed E-state index contributed by atoms with van der Waals surface area (Å²) in [6.45, 7) is 0. The van der Waals surface area contributed by atoms with Gasteiger partial charge in [0.05, 0.1) is 6.04 Å². The van der Waals surface area contributed by atoms with Gasteiger partial charge in [-0.05, 0) is 60.7 Å². The van der Waals surface area contributed by atoms with E-state index in [1.165, 1.54) is 24.3 Å². The van der Waals surface area contributed by atoms with Gasteiger partial charge in [0.25, 0.3) is 5.91 Å². The average Bonchev–Trinajstić information content (AvgIpc) is 3.31. The van der Waals surface area contributed by atoms with Gasteiger partial charge in [-0.2, -0.15) is 0 Å². The lowest BCUT2D eigenvalue weighted by molar-refractivity contribution is 0.0931. The highest BCUT2D eigenvalue weighted by Crippen LogP contribution is 2.41. The second kappa shape index (κ2) is 5.86. The number of nitrogens with one attached hydrogen (secondary N) is 1. The van der Waals surface area contributed by atoms with Crippen LogP contribution in [0.5, 0.6) is 0 Å². The van der Waals surface area contributed by atoms with Gasteiger partial charge in [-0.1, -0.05) is 23.7 Å². The normalized spacial score (nSPS) is 15.5. The van der Waals surface area contributed by atoms with Gasteiger partial charge < -0.3 is 5.32 Å². The Labute approximate surface area is 127 Å². The molecule has 2 nitrogen and oxygen atoms in total. The van der Waals surface area contributed by atoms with Crippen LogP contribution in [0.4, 0.5) is 4.39 Å².